The first kappa shape index (κ1) is 21.5. The first-order valence-corrected chi connectivity index (χ1v) is 12.0. The molecule has 158 valence electrons. The van der Waals surface area contributed by atoms with Gasteiger partial charge in [-0.1, -0.05) is 18.2 Å². The highest BCUT2D eigenvalue weighted by Gasteiger charge is 2.25. The van der Waals surface area contributed by atoms with E-state index in [1.807, 2.05) is 11.2 Å². The van der Waals surface area contributed by atoms with Crippen LogP contribution in [0.2, 0.25) is 0 Å². The van der Waals surface area contributed by atoms with Gasteiger partial charge in [-0.2, -0.15) is 5.10 Å². The van der Waals surface area contributed by atoms with Crippen LogP contribution in [-0.4, -0.2) is 61.3 Å². The lowest BCUT2D eigenvalue weighted by Crippen LogP contribution is -2.39. The molecule has 3 rings (SSSR count). The summed E-state index contributed by atoms with van der Waals surface area (Å²) < 4.78 is 28.2. The molecule has 0 radical (unpaired) electrons. The molecule has 1 aromatic heterocycles. The minimum absolute atomic E-state index is 0.204. The Hall–Kier alpha value is -2.19. The second-order valence-electron chi connectivity index (χ2n) is 7.87. The molecular formula is C21H29FN4O2S. The number of aromatic nitrogens is 2. The van der Waals surface area contributed by atoms with Crippen LogP contribution >= 0.6 is 0 Å². The van der Waals surface area contributed by atoms with E-state index in [2.05, 4.69) is 16.1 Å². The van der Waals surface area contributed by atoms with Crippen molar-refractivity contribution in [3.8, 4) is 0 Å². The molecule has 2 heterocycles. The third-order valence-corrected chi connectivity index (χ3v) is 6.92. The Kier molecular flexibility index (Phi) is 6.74. The fourth-order valence-corrected chi connectivity index (χ4v) is 4.68. The number of carbonyl (C=O) groups excluding carboxylic acids is 1. The van der Waals surface area contributed by atoms with E-state index in [9.17, 15) is 13.4 Å². The van der Waals surface area contributed by atoms with E-state index < -0.39 is 9.71 Å². The van der Waals surface area contributed by atoms with E-state index in [0.717, 1.165) is 38.0 Å². The summed E-state index contributed by atoms with van der Waals surface area (Å²) in [7, 11) is -2.16. The van der Waals surface area contributed by atoms with Gasteiger partial charge in [0.2, 0.25) is 0 Å². The maximum Gasteiger partial charge on any atom is 0.274 e. The van der Waals surface area contributed by atoms with Gasteiger partial charge in [0.15, 0.2) is 0 Å². The zero-order valence-corrected chi connectivity index (χ0v) is 17.9. The predicted molar refractivity (Wildman–Crippen MR) is 115 cm³/mol. The molecule has 1 aromatic carbocycles. The SMILES string of the molecule is C=S(C)(=O)N1CCC(CCN(Cc2ccccc2F)C(=O)c2cc(C)[nH]n2)CC1. The Labute approximate surface area is 172 Å². The molecule has 0 spiro atoms. The number of halogens is 1. The number of nitrogens with one attached hydrogen (secondary N) is 1. The Morgan fingerprint density at radius 3 is 2.66 bits per heavy atom. The number of rotatable bonds is 7. The number of benzene rings is 1. The summed E-state index contributed by atoms with van der Waals surface area (Å²) in [6, 6.07) is 8.24. The number of amides is 1. The van der Waals surface area contributed by atoms with Gasteiger partial charge in [0, 0.05) is 53.4 Å². The van der Waals surface area contributed by atoms with Gasteiger partial charge < -0.3 is 4.90 Å². The molecule has 1 N–H and O–H groups in total. The summed E-state index contributed by atoms with van der Waals surface area (Å²) >= 11 is 0. The molecule has 2 aromatic rings. The smallest absolute Gasteiger partial charge is 0.274 e. The number of aryl methyl sites for hydroxylation is 1. The lowest BCUT2D eigenvalue weighted by Gasteiger charge is -2.33. The summed E-state index contributed by atoms with van der Waals surface area (Å²) in [5.74, 6) is 3.68. The molecule has 1 amide bonds. The third-order valence-electron chi connectivity index (χ3n) is 5.46. The van der Waals surface area contributed by atoms with Crippen molar-refractivity contribution in [1.29, 1.82) is 0 Å². The lowest BCUT2D eigenvalue weighted by molar-refractivity contribution is 0.0719. The second kappa shape index (κ2) is 9.09. The Morgan fingerprint density at radius 2 is 2.07 bits per heavy atom. The molecule has 1 aliphatic rings. The summed E-state index contributed by atoms with van der Waals surface area (Å²) in [6.45, 7) is 4.08. The van der Waals surface area contributed by atoms with Crippen molar-refractivity contribution in [2.75, 3.05) is 25.9 Å². The van der Waals surface area contributed by atoms with Crippen molar-refractivity contribution < 1.29 is 13.4 Å². The summed E-state index contributed by atoms with van der Waals surface area (Å²) in [5, 5.41) is 6.87. The van der Waals surface area contributed by atoms with Gasteiger partial charge in [0.05, 0.1) is 0 Å². The standard InChI is InChI=1S/C21H29FN4O2S/c1-16-14-20(24-23-16)21(27)25(15-18-6-4-5-7-19(18)22)11-8-17-9-12-26(13-10-17)29(2,3)28/h4-7,14,17H,2,8-13,15H2,1,3H3,(H,23,24). The maximum atomic E-state index is 14.2. The fraction of sp³-hybridized carbons (Fsp3) is 0.476. The summed E-state index contributed by atoms with van der Waals surface area (Å²) in [6.07, 6.45) is 4.33. The fourth-order valence-electron chi connectivity index (χ4n) is 3.70. The van der Waals surface area contributed by atoms with Crippen LogP contribution in [0, 0.1) is 18.7 Å². The van der Waals surface area contributed by atoms with Gasteiger partial charge in [0.1, 0.15) is 11.5 Å². The zero-order valence-electron chi connectivity index (χ0n) is 17.1. The average molecular weight is 421 g/mol. The summed E-state index contributed by atoms with van der Waals surface area (Å²) in [4.78, 5) is 14.7. The second-order valence-corrected chi connectivity index (χ2v) is 10.3. The van der Waals surface area contributed by atoms with Crippen LogP contribution in [0.5, 0.6) is 0 Å². The molecular weight excluding hydrogens is 391 g/mol. The van der Waals surface area contributed by atoms with Gasteiger partial charge in [-0.15, -0.1) is 0 Å². The predicted octanol–water partition coefficient (Wildman–Crippen LogP) is 2.86. The van der Waals surface area contributed by atoms with Crippen LogP contribution in [0.25, 0.3) is 0 Å². The van der Waals surface area contributed by atoms with Gasteiger partial charge in [-0.05, 0) is 50.1 Å². The summed E-state index contributed by atoms with van der Waals surface area (Å²) in [5.41, 5.74) is 1.64. The number of aromatic amines is 1. The van der Waals surface area contributed by atoms with E-state index >= 15 is 0 Å². The van der Waals surface area contributed by atoms with Crippen LogP contribution in [0.3, 0.4) is 0 Å². The van der Waals surface area contributed by atoms with Crippen LogP contribution in [-0.2, 0) is 16.3 Å². The monoisotopic (exact) mass is 420 g/mol. The quantitative estimate of drug-likeness (QED) is 0.701. The van der Waals surface area contributed by atoms with Crippen LogP contribution in [0.4, 0.5) is 4.39 Å². The zero-order chi connectivity index (χ0) is 21.0. The molecule has 0 bridgehead atoms. The first-order chi connectivity index (χ1) is 13.7. The minimum atomic E-state index is -2.16. The van der Waals surface area contributed by atoms with E-state index in [0.29, 0.717) is 23.7 Å². The highest BCUT2D eigenvalue weighted by Crippen LogP contribution is 2.23. The molecule has 29 heavy (non-hydrogen) atoms. The first-order valence-electron chi connectivity index (χ1n) is 9.86. The Balaban J connectivity index is 1.67. The molecule has 0 saturated carbocycles. The average Bonchev–Trinajstić information content (AvgIpc) is 3.12. The lowest BCUT2D eigenvalue weighted by atomic mass is 9.94. The van der Waals surface area contributed by atoms with Crippen LogP contribution < -0.4 is 0 Å². The van der Waals surface area contributed by atoms with E-state index in [1.54, 1.807) is 35.4 Å². The van der Waals surface area contributed by atoms with E-state index in [-0.39, 0.29) is 18.3 Å². The number of hydrogen-bond acceptors (Lipinski definition) is 3. The van der Waals surface area contributed by atoms with Gasteiger partial charge in [-0.3, -0.25) is 14.1 Å². The Morgan fingerprint density at radius 1 is 1.38 bits per heavy atom. The van der Waals surface area contributed by atoms with Crippen molar-refractivity contribution in [1.82, 2.24) is 19.4 Å². The van der Waals surface area contributed by atoms with Crippen LogP contribution in [0.15, 0.2) is 30.3 Å². The number of carbonyl (C=O) groups is 1. The number of piperidine rings is 1. The number of H-pyrrole nitrogens is 1. The van der Waals surface area contributed by atoms with Crippen molar-refractivity contribution in [2.24, 2.45) is 5.92 Å². The van der Waals surface area contributed by atoms with Crippen molar-refractivity contribution in [3.63, 3.8) is 0 Å². The number of nitrogens with zero attached hydrogens (tertiary/aromatic N) is 3. The number of hydrogen-bond donors (Lipinski definition) is 1. The van der Waals surface area contributed by atoms with Crippen molar-refractivity contribution in [3.05, 3.63) is 53.1 Å². The highest BCUT2D eigenvalue weighted by atomic mass is 32.2. The van der Waals surface area contributed by atoms with Crippen molar-refractivity contribution in [2.45, 2.75) is 32.7 Å². The highest BCUT2D eigenvalue weighted by molar-refractivity contribution is 7.97. The molecule has 1 unspecified atom stereocenters. The van der Waals surface area contributed by atoms with Gasteiger partial charge in [-0.25, -0.2) is 8.70 Å². The maximum absolute atomic E-state index is 14.2. The van der Waals surface area contributed by atoms with Crippen LogP contribution in [0.1, 0.15) is 41.0 Å². The molecule has 8 heteroatoms. The topological polar surface area (TPSA) is 69.3 Å². The molecule has 1 aliphatic heterocycles. The molecule has 1 fully saturated rings. The molecule has 1 atom stereocenters. The molecule has 6 nitrogen and oxygen atoms in total. The molecule has 0 aliphatic carbocycles. The largest absolute Gasteiger partial charge is 0.333 e. The van der Waals surface area contributed by atoms with E-state index in [1.165, 1.54) is 6.07 Å². The van der Waals surface area contributed by atoms with Gasteiger partial charge in [0.25, 0.3) is 5.91 Å². The van der Waals surface area contributed by atoms with Crippen molar-refractivity contribution >= 4 is 21.5 Å². The molecule has 1 saturated heterocycles. The van der Waals surface area contributed by atoms with Gasteiger partial charge >= 0.3 is 0 Å². The normalized spacial score (nSPS) is 17.8. The van der Waals surface area contributed by atoms with E-state index in [4.69, 9.17) is 0 Å². The Bertz CT molecular complexity index is 949. The minimum Gasteiger partial charge on any atom is -0.333 e. The third kappa shape index (κ3) is 5.67.